The highest BCUT2D eigenvalue weighted by Gasteiger charge is 2.45. The van der Waals surface area contributed by atoms with Crippen LogP contribution in [0.3, 0.4) is 0 Å². The Balaban J connectivity index is 1.96. The molecule has 0 spiro atoms. The van der Waals surface area contributed by atoms with E-state index < -0.39 is 65.3 Å². The first kappa shape index (κ1) is 40.2. The maximum Gasteiger partial charge on any atom is 0.305 e. The van der Waals surface area contributed by atoms with Gasteiger partial charge in [0.1, 0.15) is 42.9 Å². The van der Waals surface area contributed by atoms with Gasteiger partial charge >= 0.3 is 5.97 Å². The van der Waals surface area contributed by atoms with Crippen molar-refractivity contribution in [3.8, 4) is 0 Å². The summed E-state index contributed by atoms with van der Waals surface area (Å²) >= 11 is 0. The van der Waals surface area contributed by atoms with Crippen LogP contribution in [0.5, 0.6) is 0 Å². The van der Waals surface area contributed by atoms with Gasteiger partial charge in [-0.2, -0.15) is 8.42 Å². The molecule has 1 aliphatic heterocycles. The SMILES string of the molecule is CCCCCCCCCCCCCCCCCCCCCC(=O)OCC(O)CO[C@H]1O[C@H](CS(=O)(=O)O)[C@@H](O)[C@H](O)[C@H]1O. The summed E-state index contributed by atoms with van der Waals surface area (Å²) < 4.78 is 46.6. The number of rotatable bonds is 27. The standard InChI is InChI=1S/C31H60O11S/c1-2-3-4-5-6-7-8-9-10-11-12-13-14-15-16-17-18-19-20-21-27(33)40-22-25(32)23-41-31-30(36)29(35)28(34)26(42-31)24-43(37,38)39/h25-26,28-32,34-36H,2-24H2,1H3,(H,37,38,39)/t25?,26-,28-,29+,30-,31+/m1/s1. The molecule has 256 valence electrons. The monoisotopic (exact) mass is 640 g/mol. The highest BCUT2D eigenvalue weighted by molar-refractivity contribution is 7.85. The molecule has 0 aliphatic carbocycles. The second-order valence-corrected chi connectivity index (χ2v) is 13.5. The summed E-state index contributed by atoms with van der Waals surface area (Å²) in [6, 6.07) is 0. The Morgan fingerprint density at radius 3 is 1.58 bits per heavy atom. The Bertz CT molecular complexity index is 795. The van der Waals surface area contributed by atoms with Gasteiger partial charge < -0.3 is 34.6 Å². The number of unbranched alkanes of at least 4 members (excludes halogenated alkanes) is 18. The van der Waals surface area contributed by atoms with Crippen LogP contribution in [0.15, 0.2) is 0 Å². The molecule has 1 unspecified atom stereocenters. The molecule has 6 atom stereocenters. The molecule has 1 saturated heterocycles. The van der Waals surface area contributed by atoms with Crippen LogP contribution < -0.4 is 0 Å². The second-order valence-electron chi connectivity index (χ2n) is 12.0. The zero-order valence-electron chi connectivity index (χ0n) is 26.3. The van der Waals surface area contributed by atoms with Crippen LogP contribution in [-0.2, 0) is 29.1 Å². The van der Waals surface area contributed by atoms with E-state index >= 15 is 0 Å². The van der Waals surface area contributed by atoms with Crippen molar-refractivity contribution in [2.75, 3.05) is 19.0 Å². The molecule has 43 heavy (non-hydrogen) atoms. The van der Waals surface area contributed by atoms with Crippen molar-refractivity contribution in [3.05, 3.63) is 0 Å². The van der Waals surface area contributed by atoms with Crippen molar-refractivity contribution in [2.45, 2.75) is 172 Å². The lowest BCUT2D eigenvalue weighted by atomic mass is 10.00. The van der Waals surface area contributed by atoms with Gasteiger partial charge in [0, 0.05) is 6.42 Å². The molecule has 1 fully saturated rings. The summed E-state index contributed by atoms with van der Waals surface area (Å²) in [5, 5.41) is 39.8. The minimum atomic E-state index is -4.54. The van der Waals surface area contributed by atoms with Crippen LogP contribution in [0, 0.1) is 0 Å². The van der Waals surface area contributed by atoms with Gasteiger partial charge in [0.05, 0.1) is 6.61 Å². The zero-order valence-corrected chi connectivity index (χ0v) is 27.1. The van der Waals surface area contributed by atoms with Crippen LogP contribution in [0.25, 0.3) is 0 Å². The van der Waals surface area contributed by atoms with Gasteiger partial charge in [-0.05, 0) is 6.42 Å². The first-order valence-electron chi connectivity index (χ1n) is 16.6. The smallest absolute Gasteiger partial charge is 0.305 e. The molecular formula is C31H60O11S. The third-order valence-electron chi connectivity index (χ3n) is 7.92. The molecule has 11 nitrogen and oxygen atoms in total. The molecule has 1 rings (SSSR count). The van der Waals surface area contributed by atoms with E-state index in [-0.39, 0.29) is 13.0 Å². The van der Waals surface area contributed by atoms with Gasteiger partial charge in [0.25, 0.3) is 10.1 Å². The maximum absolute atomic E-state index is 12.0. The normalized spacial score (nSPS) is 23.3. The van der Waals surface area contributed by atoms with Crippen LogP contribution in [0.4, 0.5) is 0 Å². The van der Waals surface area contributed by atoms with Crippen LogP contribution in [0.2, 0.25) is 0 Å². The lowest BCUT2D eigenvalue weighted by Gasteiger charge is -2.40. The lowest BCUT2D eigenvalue weighted by molar-refractivity contribution is -0.296. The first-order chi connectivity index (χ1) is 20.5. The number of ether oxygens (including phenoxy) is 3. The highest BCUT2D eigenvalue weighted by Crippen LogP contribution is 2.23. The fraction of sp³-hybridized carbons (Fsp3) is 0.968. The van der Waals surface area contributed by atoms with Crippen LogP contribution in [0.1, 0.15) is 135 Å². The van der Waals surface area contributed by atoms with Gasteiger partial charge in [-0.25, -0.2) is 0 Å². The van der Waals surface area contributed by atoms with Crippen molar-refractivity contribution in [3.63, 3.8) is 0 Å². The Kier molecular flexibility index (Phi) is 22.8. The molecule has 0 amide bonds. The summed E-state index contributed by atoms with van der Waals surface area (Å²) in [6.45, 7) is 1.46. The molecular weight excluding hydrogens is 580 g/mol. The first-order valence-corrected chi connectivity index (χ1v) is 18.3. The molecule has 1 aliphatic rings. The fourth-order valence-corrected chi connectivity index (χ4v) is 5.95. The lowest BCUT2D eigenvalue weighted by Crippen LogP contribution is -2.60. The molecule has 0 bridgehead atoms. The summed E-state index contributed by atoms with van der Waals surface area (Å²) in [5.74, 6) is -1.45. The van der Waals surface area contributed by atoms with E-state index in [4.69, 9.17) is 18.8 Å². The minimum Gasteiger partial charge on any atom is -0.463 e. The van der Waals surface area contributed by atoms with E-state index in [0.29, 0.717) is 6.42 Å². The summed E-state index contributed by atoms with van der Waals surface area (Å²) in [4.78, 5) is 12.0. The predicted molar refractivity (Wildman–Crippen MR) is 164 cm³/mol. The van der Waals surface area contributed by atoms with E-state index in [1.165, 1.54) is 96.3 Å². The molecule has 0 aromatic carbocycles. The maximum atomic E-state index is 12.0. The van der Waals surface area contributed by atoms with Gasteiger partial charge in [-0.15, -0.1) is 0 Å². The van der Waals surface area contributed by atoms with Crippen molar-refractivity contribution in [1.29, 1.82) is 0 Å². The van der Waals surface area contributed by atoms with Crippen molar-refractivity contribution in [1.82, 2.24) is 0 Å². The fourth-order valence-electron chi connectivity index (χ4n) is 5.26. The van der Waals surface area contributed by atoms with Crippen molar-refractivity contribution < 1.29 is 52.4 Å². The highest BCUT2D eigenvalue weighted by atomic mass is 32.2. The number of aliphatic hydroxyl groups excluding tert-OH is 4. The Morgan fingerprint density at radius 2 is 1.14 bits per heavy atom. The predicted octanol–water partition coefficient (Wildman–Crippen LogP) is 4.42. The molecule has 12 heteroatoms. The van der Waals surface area contributed by atoms with Gasteiger partial charge in [-0.1, -0.05) is 122 Å². The summed E-state index contributed by atoms with van der Waals surface area (Å²) in [7, 11) is -4.54. The average Bonchev–Trinajstić information content (AvgIpc) is 2.96. The van der Waals surface area contributed by atoms with E-state index in [2.05, 4.69) is 6.92 Å². The number of aliphatic hydroxyl groups is 4. The van der Waals surface area contributed by atoms with Gasteiger partial charge in [-0.3, -0.25) is 9.35 Å². The van der Waals surface area contributed by atoms with Crippen molar-refractivity contribution >= 4 is 16.1 Å². The number of hydrogen-bond acceptors (Lipinski definition) is 10. The third kappa shape index (κ3) is 20.7. The quantitative estimate of drug-likeness (QED) is 0.0487. The van der Waals surface area contributed by atoms with Gasteiger partial charge in [0.2, 0.25) is 0 Å². The number of esters is 1. The van der Waals surface area contributed by atoms with E-state index in [1.54, 1.807) is 0 Å². The average molecular weight is 641 g/mol. The summed E-state index contributed by atoms with van der Waals surface area (Å²) in [5.41, 5.74) is 0. The van der Waals surface area contributed by atoms with Crippen LogP contribution >= 0.6 is 0 Å². The van der Waals surface area contributed by atoms with E-state index in [9.17, 15) is 33.6 Å². The number of hydrogen-bond donors (Lipinski definition) is 5. The molecule has 0 aromatic rings. The zero-order chi connectivity index (χ0) is 31.9. The van der Waals surface area contributed by atoms with Crippen molar-refractivity contribution in [2.24, 2.45) is 0 Å². The van der Waals surface area contributed by atoms with Crippen LogP contribution in [-0.4, -0.2) is 95.1 Å². The molecule has 0 saturated carbocycles. The van der Waals surface area contributed by atoms with Gasteiger partial charge in [0.15, 0.2) is 6.29 Å². The Hall–Kier alpha value is -0.860. The Labute approximate surface area is 259 Å². The second kappa shape index (κ2) is 24.4. The number of carbonyl (C=O) groups excluding carboxylic acids is 1. The minimum absolute atomic E-state index is 0.248. The topological polar surface area (TPSA) is 180 Å². The van der Waals surface area contributed by atoms with E-state index in [1.807, 2.05) is 0 Å². The number of carbonyl (C=O) groups is 1. The summed E-state index contributed by atoms with van der Waals surface area (Å²) in [6.07, 6.45) is 14.8. The Morgan fingerprint density at radius 1 is 0.698 bits per heavy atom. The largest absolute Gasteiger partial charge is 0.463 e. The molecule has 0 radical (unpaired) electrons. The molecule has 5 N–H and O–H groups in total. The molecule has 0 aromatic heterocycles. The third-order valence-corrected chi connectivity index (χ3v) is 8.67. The van der Waals surface area contributed by atoms with E-state index in [0.717, 1.165) is 19.3 Å². The molecule has 1 heterocycles.